The molecule has 0 aromatic heterocycles. The molecular weight excluding hydrogens is 314 g/mol. The van der Waals surface area contributed by atoms with Gasteiger partial charge >= 0.3 is 0 Å². The molecule has 1 heteroatoms. The smallest absolute Gasteiger partial charge is 0.0464 e. The molecule has 0 aliphatic heterocycles. The highest BCUT2D eigenvalue weighted by molar-refractivity contribution is 5.77. The van der Waals surface area contributed by atoms with Crippen LogP contribution in [0.1, 0.15) is 43.9 Å². The summed E-state index contributed by atoms with van der Waals surface area (Å²) < 4.78 is 0. The van der Waals surface area contributed by atoms with Gasteiger partial charge in [0.05, 0.1) is 0 Å². The summed E-state index contributed by atoms with van der Waals surface area (Å²) in [4.78, 5) is 2.36. The van der Waals surface area contributed by atoms with E-state index in [0.29, 0.717) is 0 Å². The highest BCUT2D eigenvalue weighted by Gasteiger charge is 2.20. The van der Waals surface area contributed by atoms with E-state index in [1.54, 1.807) is 0 Å². The number of nitrogens with zero attached hydrogens (tertiary/aromatic N) is 1. The summed E-state index contributed by atoms with van der Waals surface area (Å²) in [6.45, 7) is 6.88. The van der Waals surface area contributed by atoms with Gasteiger partial charge in [-0.15, -0.1) is 0 Å². The van der Waals surface area contributed by atoms with E-state index in [2.05, 4.69) is 98.5 Å². The van der Waals surface area contributed by atoms with Gasteiger partial charge in [0.2, 0.25) is 0 Å². The molecule has 0 fully saturated rings. The van der Waals surface area contributed by atoms with Crippen LogP contribution in [-0.4, -0.2) is 0 Å². The van der Waals surface area contributed by atoms with Gasteiger partial charge < -0.3 is 4.90 Å². The third-order valence-corrected chi connectivity index (χ3v) is 5.92. The molecule has 132 valence electrons. The van der Waals surface area contributed by atoms with E-state index in [1.807, 2.05) is 0 Å². The van der Waals surface area contributed by atoms with Crippen LogP contribution in [-0.2, 0) is 18.3 Å². The van der Waals surface area contributed by atoms with Crippen LogP contribution in [0.25, 0.3) is 0 Å². The van der Waals surface area contributed by atoms with Gasteiger partial charge in [0, 0.05) is 17.1 Å². The molecule has 0 atom stereocenters. The first-order valence-corrected chi connectivity index (χ1v) is 9.66. The average molecular weight is 341 g/mol. The lowest BCUT2D eigenvalue weighted by Crippen LogP contribution is -2.16. The van der Waals surface area contributed by atoms with Crippen LogP contribution in [0, 0.1) is 0 Å². The number of aryl methyl sites for hydroxylation is 2. The van der Waals surface area contributed by atoms with E-state index in [1.165, 1.54) is 46.6 Å². The van der Waals surface area contributed by atoms with Crippen molar-refractivity contribution in [1.29, 1.82) is 0 Å². The molecule has 1 aliphatic carbocycles. The second-order valence-electron chi connectivity index (χ2n) is 7.91. The van der Waals surface area contributed by atoms with Crippen LogP contribution in [0.4, 0.5) is 17.1 Å². The molecular formula is C25H27N. The predicted molar refractivity (Wildman–Crippen MR) is 112 cm³/mol. The lowest BCUT2D eigenvalue weighted by Gasteiger charge is -2.29. The Morgan fingerprint density at radius 3 is 1.92 bits per heavy atom. The summed E-state index contributed by atoms with van der Waals surface area (Å²) >= 11 is 0. The number of anilines is 3. The van der Waals surface area contributed by atoms with Gasteiger partial charge in [-0.25, -0.2) is 0 Å². The molecule has 4 rings (SSSR count). The van der Waals surface area contributed by atoms with Crippen LogP contribution >= 0.6 is 0 Å². The third-order valence-electron chi connectivity index (χ3n) is 5.92. The molecule has 0 radical (unpaired) electrons. The summed E-state index contributed by atoms with van der Waals surface area (Å²) in [6.07, 6.45) is 3.57. The van der Waals surface area contributed by atoms with E-state index in [-0.39, 0.29) is 5.41 Å². The molecule has 0 spiro atoms. The van der Waals surface area contributed by atoms with Crippen molar-refractivity contribution in [2.45, 2.75) is 45.4 Å². The zero-order chi connectivity index (χ0) is 18.1. The first-order chi connectivity index (χ1) is 12.6. The molecule has 3 aromatic rings. The van der Waals surface area contributed by atoms with Gasteiger partial charge in [0.15, 0.2) is 0 Å². The molecule has 1 nitrogen and oxygen atoms in total. The Hall–Kier alpha value is -2.54. The lowest BCUT2D eigenvalue weighted by molar-refractivity contribution is 0.506. The van der Waals surface area contributed by atoms with Gasteiger partial charge in [-0.3, -0.25) is 0 Å². The van der Waals surface area contributed by atoms with Crippen LogP contribution in [0.3, 0.4) is 0 Å². The molecule has 1 aliphatic rings. The second-order valence-corrected chi connectivity index (χ2v) is 7.91. The van der Waals surface area contributed by atoms with E-state index in [0.717, 1.165) is 6.42 Å². The van der Waals surface area contributed by atoms with E-state index in [4.69, 9.17) is 0 Å². The minimum absolute atomic E-state index is 0.214. The van der Waals surface area contributed by atoms with Crippen molar-refractivity contribution < 1.29 is 0 Å². The fraction of sp³-hybridized carbons (Fsp3) is 0.280. The van der Waals surface area contributed by atoms with Crippen molar-refractivity contribution in [3.63, 3.8) is 0 Å². The molecule has 0 heterocycles. The molecule has 0 unspecified atom stereocenters. The number of para-hydroxylation sites is 1. The maximum absolute atomic E-state index is 2.36. The zero-order valence-corrected chi connectivity index (χ0v) is 16.0. The maximum atomic E-state index is 2.36. The van der Waals surface area contributed by atoms with Crippen molar-refractivity contribution >= 4 is 17.1 Å². The summed E-state index contributed by atoms with van der Waals surface area (Å²) in [6, 6.07) is 26.7. The Morgan fingerprint density at radius 2 is 1.35 bits per heavy atom. The molecule has 3 aromatic carbocycles. The highest BCUT2D eigenvalue weighted by Crippen LogP contribution is 2.38. The molecule has 0 N–H and O–H groups in total. The van der Waals surface area contributed by atoms with Crippen molar-refractivity contribution in [3.8, 4) is 0 Å². The zero-order valence-electron chi connectivity index (χ0n) is 16.0. The highest BCUT2D eigenvalue weighted by atomic mass is 15.1. The minimum Gasteiger partial charge on any atom is -0.310 e. The molecule has 26 heavy (non-hydrogen) atoms. The first kappa shape index (κ1) is 16.9. The quantitative estimate of drug-likeness (QED) is 0.485. The fourth-order valence-electron chi connectivity index (χ4n) is 3.61. The molecule has 0 amide bonds. The number of rotatable bonds is 5. The summed E-state index contributed by atoms with van der Waals surface area (Å²) in [5.41, 5.74) is 8.27. The van der Waals surface area contributed by atoms with E-state index < -0.39 is 0 Å². The van der Waals surface area contributed by atoms with E-state index in [9.17, 15) is 0 Å². The van der Waals surface area contributed by atoms with Crippen molar-refractivity contribution in [3.05, 3.63) is 89.5 Å². The predicted octanol–water partition coefficient (Wildman–Crippen LogP) is 6.94. The van der Waals surface area contributed by atoms with Crippen molar-refractivity contribution in [2.75, 3.05) is 4.90 Å². The van der Waals surface area contributed by atoms with Crippen LogP contribution < -0.4 is 4.90 Å². The Balaban J connectivity index is 1.77. The van der Waals surface area contributed by atoms with Crippen LogP contribution in [0.5, 0.6) is 0 Å². The van der Waals surface area contributed by atoms with Gasteiger partial charge in [0.25, 0.3) is 0 Å². The normalized spacial score (nSPS) is 13.0. The van der Waals surface area contributed by atoms with Crippen LogP contribution in [0.15, 0.2) is 72.8 Å². The van der Waals surface area contributed by atoms with E-state index >= 15 is 0 Å². The number of fused-ring (bicyclic) bond motifs is 1. The lowest BCUT2D eigenvalue weighted by atomic mass is 9.82. The first-order valence-electron chi connectivity index (χ1n) is 9.66. The van der Waals surface area contributed by atoms with Gasteiger partial charge in [-0.05, 0) is 77.8 Å². The fourth-order valence-corrected chi connectivity index (χ4v) is 3.61. The summed E-state index contributed by atoms with van der Waals surface area (Å²) in [5.74, 6) is 0. The Kier molecular flexibility index (Phi) is 4.32. The minimum atomic E-state index is 0.214. The topological polar surface area (TPSA) is 3.24 Å². The van der Waals surface area contributed by atoms with Crippen LogP contribution in [0.2, 0.25) is 0 Å². The summed E-state index contributed by atoms with van der Waals surface area (Å²) in [7, 11) is 0. The molecule has 0 saturated heterocycles. The average Bonchev–Trinajstić information content (AvgIpc) is 2.65. The van der Waals surface area contributed by atoms with Crippen molar-refractivity contribution in [2.24, 2.45) is 0 Å². The largest absolute Gasteiger partial charge is 0.310 e. The monoisotopic (exact) mass is 341 g/mol. The van der Waals surface area contributed by atoms with Crippen molar-refractivity contribution in [1.82, 2.24) is 0 Å². The van der Waals surface area contributed by atoms with Gasteiger partial charge in [-0.2, -0.15) is 0 Å². The number of benzene rings is 3. The maximum Gasteiger partial charge on any atom is 0.0464 e. The third kappa shape index (κ3) is 3.03. The molecule has 0 saturated carbocycles. The number of hydrogen-bond donors (Lipinski definition) is 0. The Morgan fingerprint density at radius 1 is 0.731 bits per heavy atom. The Bertz CT molecular complexity index is 891. The molecule has 0 bridgehead atoms. The van der Waals surface area contributed by atoms with Gasteiger partial charge in [0.1, 0.15) is 0 Å². The number of hydrogen-bond acceptors (Lipinski definition) is 1. The SMILES string of the molecule is CCC(C)(C)c1ccc(N(c2ccccc2)c2ccc3c(c2)CC3)cc1. The Labute approximate surface area is 157 Å². The summed E-state index contributed by atoms with van der Waals surface area (Å²) in [5, 5.41) is 0. The van der Waals surface area contributed by atoms with Gasteiger partial charge in [-0.1, -0.05) is 57.2 Å². The second kappa shape index (κ2) is 6.64. The standard InChI is InChI=1S/C25H27N/c1-4-25(2,3)21-13-16-23(17-14-21)26(22-8-6-5-7-9-22)24-15-12-19-10-11-20(19)18-24/h5-9,12-18H,4,10-11H2,1-3H3.